The molecule has 0 aromatic heterocycles. The third kappa shape index (κ3) is 5.32. The van der Waals surface area contributed by atoms with Crippen molar-refractivity contribution in [1.29, 1.82) is 0 Å². The van der Waals surface area contributed by atoms with Gasteiger partial charge < -0.3 is 5.11 Å². The minimum Gasteiger partial charge on any atom is -0.481 e. The lowest BCUT2D eigenvalue weighted by molar-refractivity contribution is -0.141. The molecule has 2 unspecified atom stereocenters. The largest absolute Gasteiger partial charge is 0.481 e. The van der Waals surface area contributed by atoms with E-state index in [9.17, 15) is 21.6 Å². The van der Waals surface area contributed by atoms with Gasteiger partial charge in [0.1, 0.15) is 9.84 Å². The monoisotopic (exact) mass is 299 g/mol. The standard InChI is InChI=1S/C9H17NO6S2/c1-17(13,14)4-5-18(15,16)10-8-3-2-7(6-8)9(11)12/h7-8,10H,2-6H2,1H3,(H,11,12). The number of aliphatic carboxylic acids is 1. The number of rotatable bonds is 6. The van der Waals surface area contributed by atoms with Crippen LogP contribution in [0.2, 0.25) is 0 Å². The van der Waals surface area contributed by atoms with Crippen LogP contribution in [-0.2, 0) is 24.7 Å². The summed E-state index contributed by atoms with van der Waals surface area (Å²) in [4.78, 5) is 10.7. The molecule has 1 saturated carbocycles. The molecule has 1 aliphatic rings. The second kappa shape index (κ2) is 5.54. The lowest BCUT2D eigenvalue weighted by atomic mass is 10.1. The molecule has 1 aliphatic carbocycles. The van der Waals surface area contributed by atoms with Gasteiger partial charge in [-0.2, -0.15) is 0 Å². The Morgan fingerprint density at radius 1 is 1.22 bits per heavy atom. The maximum atomic E-state index is 11.6. The minimum atomic E-state index is -3.67. The smallest absolute Gasteiger partial charge is 0.306 e. The highest BCUT2D eigenvalue weighted by Crippen LogP contribution is 2.26. The van der Waals surface area contributed by atoms with Crippen LogP contribution in [0.3, 0.4) is 0 Å². The van der Waals surface area contributed by atoms with Gasteiger partial charge in [-0.1, -0.05) is 0 Å². The van der Waals surface area contributed by atoms with Crippen molar-refractivity contribution in [1.82, 2.24) is 4.72 Å². The maximum Gasteiger partial charge on any atom is 0.306 e. The first kappa shape index (κ1) is 15.4. The molecule has 2 atom stereocenters. The van der Waals surface area contributed by atoms with Gasteiger partial charge in [0.05, 0.1) is 17.4 Å². The molecule has 7 nitrogen and oxygen atoms in total. The molecule has 0 radical (unpaired) electrons. The van der Waals surface area contributed by atoms with E-state index in [1.54, 1.807) is 0 Å². The SMILES string of the molecule is CS(=O)(=O)CCS(=O)(=O)NC1CCC(C(=O)O)C1. The molecular weight excluding hydrogens is 282 g/mol. The van der Waals surface area contributed by atoms with E-state index in [-0.39, 0.29) is 6.42 Å². The third-order valence-electron chi connectivity index (χ3n) is 2.85. The summed E-state index contributed by atoms with van der Waals surface area (Å²) in [5.41, 5.74) is 0. The molecule has 2 N–H and O–H groups in total. The molecule has 1 fully saturated rings. The number of sulfone groups is 1. The fourth-order valence-corrected chi connectivity index (χ4v) is 4.82. The Morgan fingerprint density at radius 2 is 1.83 bits per heavy atom. The van der Waals surface area contributed by atoms with Crippen LogP contribution in [0.1, 0.15) is 19.3 Å². The first-order valence-electron chi connectivity index (χ1n) is 5.49. The average Bonchev–Trinajstić information content (AvgIpc) is 2.62. The molecule has 9 heteroatoms. The van der Waals surface area contributed by atoms with Crippen molar-refractivity contribution in [3.63, 3.8) is 0 Å². The van der Waals surface area contributed by atoms with Crippen molar-refractivity contribution >= 4 is 25.8 Å². The molecule has 0 bridgehead atoms. The highest BCUT2D eigenvalue weighted by molar-refractivity contribution is 7.93. The molecule has 18 heavy (non-hydrogen) atoms. The van der Waals surface area contributed by atoms with Crippen molar-refractivity contribution in [2.75, 3.05) is 17.8 Å². The molecule has 0 heterocycles. The molecule has 0 amide bonds. The van der Waals surface area contributed by atoms with Crippen LogP contribution in [0.25, 0.3) is 0 Å². The van der Waals surface area contributed by atoms with E-state index in [2.05, 4.69) is 4.72 Å². The average molecular weight is 299 g/mol. The van der Waals surface area contributed by atoms with Gasteiger partial charge in [-0.15, -0.1) is 0 Å². The quantitative estimate of drug-likeness (QED) is 0.663. The van der Waals surface area contributed by atoms with E-state index in [1.807, 2.05) is 0 Å². The van der Waals surface area contributed by atoms with Gasteiger partial charge >= 0.3 is 5.97 Å². The summed E-state index contributed by atoms with van der Waals surface area (Å²) in [5, 5.41) is 8.78. The number of hydrogen-bond acceptors (Lipinski definition) is 5. The van der Waals surface area contributed by atoms with E-state index in [0.717, 1.165) is 6.26 Å². The fraction of sp³-hybridized carbons (Fsp3) is 0.889. The Bertz CT molecular complexity index is 509. The number of sulfonamides is 1. The van der Waals surface area contributed by atoms with E-state index in [1.165, 1.54) is 0 Å². The maximum absolute atomic E-state index is 11.6. The van der Waals surface area contributed by atoms with E-state index in [0.29, 0.717) is 12.8 Å². The summed E-state index contributed by atoms with van der Waals surface area (Å²) in [7, 11) is -7.00. The molecular formula is C9H17NO6S2. The summed E-state index contributed by atoms with van der Waals surface area (Å²) in [5.74, 6) is -2.36. The van der Waals surface area contributed by atoms with Crippen LogP contribution in [-0.4, -0.2) is 51.7 Å². The Balaban J connectivity index is 2.50. The van der Waals surface area contributed by atoms with Crippen molar-refractivity contribution in [2.45, 2.75) is 25.3 Å². The van der Waals surface area contributed by atoms with Gasteiger partial charge in [-0.3, -0.25) is 4.79 Å². The molecule has 0 saturated heterocycles. The number of nitrogens with one attached hydrogen (secondary N) is 1. The van der Waals surface area contributed by atoms with E-state index < -0.39 is 49.3 Å². The Hall–Kier alpha value is -0.670. The highest BCUT2D eigenvalue weighted by atomic mass is 32.2. The summed E-state index contributed by atoms with van der Waals surface area (Å²) < 4.78 is 47.3. The molecule has 0 aliphatic heterocycles. The number of hydrogen-bond donors (Lipinski definition) is 2. The first-order valence-corrected chi connectivity index (χ1v) is 9.21. The van der Waals surface area contributed by atoms with Gasteiger partial charge in [-0.25, -0.2) is 21.6 Å². The van der Waals surface area contributed by atoms with Crippen molar-refractivity contribution in [3.05, 3.63) is 0 Å². The number of carboxylic acids is 1. The van der Waals surface area contributed by atoms with Gasteiger partial charge in [0.15, 0.2) is 0 Å². The molecule has 0 aromatic carbocycles. The molecule has 0 spiro atoms. The zero-order valence-corrected chi connectivity index (χ0v) is 11.6. The zero-order valence-electron chi connectivity index (χ0n) is 10.00. The summed E-state index contributed by atoms with van der Waals surface area (Å²) in [6.45, 7) is 0. The fourth-order valence-electron chi connectivity index (χ4n) is 1.89. The molecule has 0 aromatic rings. The van der Waals surface area contributed by atoms with Gasteiger partial charge in [0.25, 0.3) is 0 Å². The Labute approximate surface area is 107 Å². The second-order valence-electron chi connectivity index (χ2n) is 4.61. The van der Waals surface area contributed by atoms with E-state index >= 15 is 0 Å². The van der Waals surface area contributed by atoms with Gasteiger partial charge in [0.2, 0.25) is 10.0 Å². The van der Waals surface area contributed by atoms with Gasteiger partial charge in [-0.05, 0) is 19.3 Å². The second-order valence-corrected chi connectivity index (χ2v) is 8.74. The topological polar surface area (TPSA) is 118 Å². The predicted octanol–water partition coefficient (Wildman–Crippen LogP) is -0.796. The zero-order chi connectivity index (χ0) is 14.0. The predicted molar refractivity (Wildman–Crippen MR) is 65.4 cm³/mol. The first-order chi connectivity index (χ1) is 8.09. The van der Waals surface area contributed by atoms with E-state index in [4.69, 9.17) is 5.11 Å². The third-order valence-corrected chi connectivity index (χ3v) is 5.49. The summed E-state index contributed by atoms with van der Waals surface area (Å²) in [6.07, 6.45) is 2.13. The lowest BCUT2D eigenvalue weighted by Gasteiger charge is -2.12. The van der Waals surface area contributed by atoms with Crippen molar-refractivity contribution in [2.24, 2.45) is 5.92 Å². The summed E-state index contributed by atoms with van der Waals surface area (Å²) >= 11 is 0. The van der Waals surface area contributed by atoms with Crippen LogP contribution < -0.4 is 4.72 Å². The minimum absolute atomic E-state index is 0.257. The van der Waals surface area contributed by atoms with Gasteiger partial charge in [0, 0.05) is 12.3 Å². The normalized spacial score (nSPS) is 25.2. The van der Waals surface area contributed by atoms with Crippen LogP contribution in [0.15, 0.2) is 0 Å². The number of carboxylic acid groups (broad SMARTS) is 1. The Kier molecular flexibility index (Phi) is 4.73. The number of carbonyl (C=O) groups is 1. The van der Waals surface area contributed by atoms with Crippen LogP contribution >= 0.6 is 0 Å². The molecule has 1 rings (SSSR count). The van der Waals surface area contributed by atoms with Crippen LogP contribution in [0.4, 0.5) is 0 Å². The van der Waals surface area contributed by atoms with Crippen molar-refractivity contribution in [3.8, 4) is 0 Å². The lowest BCUT2D eigenvalue weighted by Crippen LogP contribution is -2.36. The van der Waals surface area contributed by atoms with Crippen LogP contribution in [0, 0.1) is 5.92 Å². The Morgan fingerprint density at radius 3 is 2.28 bits per heavy atom. The van der Waals surface area contributed by atoms with Crippen LogP contribution in [0.5, 0.6) is 0 Å². The highest BCUT2D eigenvalue weighted by Gasteiger charge is 2.32. The summed E-state index contributed by atoms with van der Waals surface area (Å²) in [6, 6.07) is -0.407. The van der Waals surface area contributed by atoms with Crippen molar-refractivity contribution < 1.29 is 26.7 Å². The molecule has 106 valence electrons.